The van der Waals surface area contributed by atoms with Crippen molar-refractivity contribution in [2.24, 2.45) is 0 Å². The van der Waals surface area contributed by atoms with Crippen LogP contribution < -0.4 is 5.32 Å². The van der Waals surface area contributed by atoms with Crippen LogP contribution in [-0.2, 0) is 14.3 Å². The van der Waals surface area contributed by atoms with Gasteiger partial charge in [-0.15, -0.1) is 0 Å². The van der Waals surface area contributed by atoms with Crippen LogP contribution in [0.15, 0.2) is 24.3 Å². The highest BCUT2D eigenvalue weighted by Gasteiger charge is 2.18. The Bertz CT molecular complexity index is 1300. The van der Waals surface area contributed by atoms with Crippen LogP contribution in [0.2, 0.25) is 0 Å². The molecule has 3 N–H and O–H groups in total. The van der Waals surface area contributed by atoms with E-state index in [9.17, 15) is 19.8 Å². The predicted octanol–water partition coefficient (Wildman–Crippen LogP) is 24.9. The lowest BCUT2D eigenvalue weighted by Gasteiger charge is -2.20. The van der Waals surface area contributed by atoms with E-state index < -0.39 is 12.1 Å². The zero-order valence-electron chi connectivity index (χ0n) is 56.5. The fraction of sp³-hybridized carbons (Fsp3) is 0.922. The van der Waals surface area contributed by atoms with Crippen molar-refractivity contribution >= 4 is 11.9 Å². The van der Waals surface area contributed by atoms with Crippen LogP contribution in [0.5, 0.6) is 0 Å². The summed E-state index contributed by atoms with van der Waals surface area (Å²) in [5.41, 5.74) is 0. The van der Waals surface area contributed by atoms with Crippen molar-refractivity contribution < 1.29 is 24.5 Å². The van der Waals surface area contributed by atoms with Gasteiger partial charge in [-0.25, -0.2) is 0 Å². The highest BCUT2D eigenvalue weighted by Crippen LogP contribution is 2.19. The van der Waals surface area contributed by atoms with Gasteiger partial charge in [-0.1, -0.05) is 385 Å². The summed E-state index contributed by atoms with van der Waals surface area (Å²) in [4.78, 5) is 24.6. The molecule has 0 spiro atoms. The Kier molecular flexibility index (Phi) is 71.4. The molecule has 0 aliphatic carbocycles. The monoisotopic (exact) mass is 1170 g/mol. The highest BCUT2D eigenvalue weighted by molar-refractivity contribution is 5.76. The molecule has 0 aliphatic heterocycles. The zero-order chi connectivity index (χ0) is 59.9. The summed E-state index contributed by atoms with van der Waals surface area (Å²) in [7, 11) is 0. The minimum Gasteiger partial charge on any atom is -0.466 e. The maximum Gasteiger partial charge on any atom is 0.305 e. The number of hydrogen-bond acceptors (Lipinski definition) is 5. The lowest BCUT2D eigenvalue weighted by molar-refractivity contribution is -0.143. The van der Waals surface area contributed by atoms with Crippen LogP contribution in [0.4, 0.5) is 0 Å². The van der Waals surface area contributed by atoms with Crippen molar-refractivity contribution in [3.63, 3.8) is 0 Å². The maximum absolute atomic E-state index is 12.5. The number of amides is 1. The number of aliphatic hydroxyl groups is 2. The van der Waals surface area contributed by atoms with E-state index in [0.29, 0.717) is 19.4 Å². The van der Waals surface area contributed by atoms with Gasteiger partial charge in [0.05, 0.1) is 25.4 Å². The van der Waals surface area contributed by atoms with Gasteiger partial charge in [-0.3, -0.25) is 9.59 Å². The SMILES string of the molecule is CCCCCCCCCCCCCCCCCCCCCC/C=C/C(O)C(CO)NC(=O)CCCCCCCCCCCCCCCC/C=C\CCCCCCCCCCCCCCOC(=O)CCCCCCCCCCCCCCCC. The quantitative estimate of drug-likeness (QED) is 0.0320. The third kappa shape index (κ3) is 69.3. The summed E-state index contributed by atoms with van der Waals surface area (Å²) in [6.07, 6.45) is 92.8. The Morgan fingerprint density at radius 2 is 0.566 bits per heavy atom. The van der Waals surface area contributed by atoms with Crippen LogP contribution in [-0.4, -0.2) is 47.4 Å². The Morgan fingerprint density at radius 3 is 0.855 bits per heavy atom. The lowest BCUT2D eigenvalue weighted by atomic mass is 10.0. The van der Waals surface area contributed by atoms with Gasteiger partial charge in [0.25, 0.3) is 0 Å². The number of unbranched alkanes of at least 4 members (excludes halogenated alkanes) is 59. The molecule has 1 amide bonds. The van der Waals surface area contributed by atoms with E-state index in [0.717, 1.165) is 38.5 Å². The molecule has 0 aromatic rings. The summed E-state index contributed by atoms with van der Waals surface area (Å²) in [6.45, 7) is 4.95. The average Bonchev–Trinajstić information content (AvgIpc) is 3.48. The normalized spacial score (nSPS) is 12.6. The number of allylic oxidation sites excluding steroid dienone is 3. The summed E-state index contributed by atoms with van der Waals surface area (Å²) >= 11 is 0. The first-order chi connectivity index (χ1) is 41.0. The Morgan fingerprint density at radius 1 is 0.325 bits per heavy atom. The third-order valence-corrected chi connectivity index (χ3v) is 18.0. The van der Waals surface area contributed by atoms with Crippen molar-refractivity contribution in [1.82, 2.24) is 5.32 Å². The number of esters is 1. The second-order valence-corrected chi connectivity index (χ2v) is 26.3. The molecule has 0 rings (SSSR count). The van der Waals surface area contributed by atoms with Crippen LogP contribution in [0.1, 0.15) is 431 Å². The van der Waals surface area contributed by atoms with Gasteiger partial charge in [-0.05, 0) is 57.8 Å². The molecule has 2 unspecified atom stereocenters. The number of ether oxygens (including phenoxy) is 1. The molecule has 6 heteroatoms. The first kappa shape index (κ1) is 81.3. The van der Waals surface area contributed by atoms with Gasteiger partial charge in [-0.2, -0.15) is 0 Å². The average molecular weight is 1170 g/mol. The standard InChI is InChI=1S/C77H149NO5/c1-3-5-7-9-11-13-15-17-19-20-21-22-33-36-39-42-45-49-53-57-61-65-69-75(80)74(73-79)78-76(81)70-66-62-58-54-50-46-43-40-37-34-31-29-27-25-23-24-26-28-30-32-35-38-41-44-48-52-56-60-64-68-72-83-77(82)71-67-63-59-55-51-47-18-16-14-12-10-8-6-4-2/h24,26,65,69,74-75,79-80H,3-23,25,27-64,66-68,70-73H2,1-2H3,(H,78,81)/b26-24-,69-65+. The number of carbonyl (C=O) groups is 2. The van der Waals surface area contributed by atoms with Gasteiger partial charge < -0.3 is 20.3 Å². The third-order valence-electron chi connectivity index (χ3n) is 18.0. The molecular weight excluding hydrogens is 1020 g/mol. The molecular formula is C77H149NO5. The van der Waals surface area contributed by atoms with Crippen LogP contribution >= 0.6 is 0 Å². The molecule has 2 atom stereocenters. The first-order valence-electron chi connectivity index (χ1n) is 38.1. The molecule has 0 fully saturated rings. The summed E-state index contributed by atoms with van der Waals surface area (Å²) < 4.78 is 5.50. The molecule has 83 heavy (non-hydrogen) atoms. The molecule has 0 saturated carbocycles. The minimum atomic E-state index is -0.844. The lowest BCUT2D eigenvalue weighted by Crippen LogP contribution is -2.45. The van der Waals surface area contributed by atoms with E-state index in [1.807, 2.05) is 6.08 Å². The predicted molar refractivity (Wildman–Crippen MR) is 366 cm³/mol. The molecule has 0 aromatic carbocycles. The van der Waals surface area contributed by atoms with E-state index in [1.54, 1.807) is 6.08 Å². The number of carbonyl (C=O) groups excluding carboxylic acids is 2. The van der Waals surface area contributed by atoms with Crippen LogP contribution in [0, 0.1) is 0 Å². The molecule has 0 heterocycles. The molecule has 0 aliphatic rings. The van der Waals surface area contributed by atoms with Crippen LogP contribution in [0.3, 0.4) is 0 Å². The number of hydrogen-bond donors (Lipinski definition) is 3. The molecule has 0 radical (unpaired) electrons. The molecule has 0 saturated heterocycles. The van der Waals surface area contributed by atoms with Gasteiger partial charge >= 0.3 is 5.97 Å². The van der Waals surface area contributed by atoms with E-state index in [1.165, 1.54) is 366 Å². The number of nitrogens with one attached hydrogen (secondary N) is 1. The Labute approximate surface area is 520 Å². The van der Waals surface area contributed by atoms with E-state index in [2.05, 4.69) is 31.3 Å². The van der Waals surface area contributed by atoms with Crippen molar-refractivity contribution in [1.29, 1.82) is 0 Å². The number of aliphatic hydroxyl groups excluding tert-OH is 2. The van der Waals surface area contributed by atoms with Gasteiger partial charge in [0, 0.05) is 12.8 Å². The highest BCUT2D eigenvalue weighted by atomic mass is 16.5. The summed E-state index contributed by atoms with van der Waals surface area (Å²) in [6, 6.07) is -0.628. The second kappa shape index (κ2) is 72.8. The van der Waals surface area contributed by atoms with Crippen molar-refractivity contribution in [3.8, 4) is 0 Å². The molecule has 492 valence electrons. The fourth-order valence-electron chi connectivity index (χ4n) is 12.2. The molecule has 0 aromatic heterocycles. The summed E-state index contributed by atoms with van der Waals surface area (Å²) in [5, 5.41) is 23.3. The Hall–Kier alpha value is -1.66. The van der Waals surface area contributed by atoms with Crippen molar-refractivity contribution in [2.45, 2.75) is 443 Å². The maximum atomic E-state index is 12.5. The van der Waals surface area contributed by atoms with Crippen LogP contribution in [0.25, 0.3) is 0 Å². The second-order valence-electron chi connectivity index (χ2n) is 26.3. The summed E-state index contributed by atoms with van der Waals surface area (Å²) in [5.74, 6) is -0.0417. The fourth-order valence-corrected chi connectivity index (χ4v) is 12.2. The van der Waals surface area contributed by atoms with E-state index in [4.69, 9.17) is 4.74 Å². The first-order valence-corrected chi connectivity index (χ1v) is 38.1. The topological polar surface area (TPSA) is 95.9 Å². The zero-order valence-corrected chi connectivity index (χ0v) is 56.5. The van der Waals surface area contributed by atoms with Crippen molar-refractivity contribution in [3.05, 3.63) is 24.3 Å². The minimum absolute atomic E-state index is 0.0200. The van der Waals surface area contributed by atoms with Gasteiger partial charge in [0.2, 0.25) is 5.91 Å². The Balaban J connectivity index is 3.38. The van der Waals surface area contributed by atoms with E-state index in [-0.39, 0.29) is 18.5 Å². The molecule has 0 bridgehead atoms. The van der Waals surface area contributed by atoms with Gasteiger partial charge in [0.1, 0.15) is 0 Å². The smallest absolute Gasteiger partial charge is 0.305 e. The van der Waals surface area contributed by atoms with Gasteiger partial charge in [0.15, 0.2) is 0 Å². The number of rotatable bonds is 72. The van der Waals surface area contributed by atoms with E-state index >= 15 is 0 Å². The largest absolute Gasteiger partial charge is 0.466 e. The van der Waals surface area contributed by atoms with Crippen molar-refractivity contribution in [2.75, 3.05) is 13.2 Å². The molecule has 6 nitrogen and oxygen atoms in total.